The number of carbonyl (C=O) groups is 2. The molecule has 0 radical (unpaired) electrons. The average molecular weight is 457 g/mol. The maximum Gasteiger partial charge on any atom is 0.231 e. The molecule has 0 unspecified atom stereocenters. The second kappa shape index (κ2) is 9.83. The van der Waals surface area contributed by atoms with Crippen molar-refractivity contribution in [1.29, 1.82) is 0 Å². The molecule has 2 atom stereocenters. The predicted octanol–water partition coefficient (Wildman–Crippen LogP) is 1.69. The number of carbonyl (C=O) groups excluding carboxylic acids is 2. The van der Waals surface area contributed by atoms with Crippen LogP contribution in [0.1, 0.15) is 42.0 Å². The molecule has 8 nitrogen and oxygen atoms in total. The predicted molar refractivity (Wildman–Crippen MR) is 124 cm³/mol. The molecular weight excluding hydrogens is 428 g/mol. The van der Waals surface area contributed by atoms with Crippen molar-refractivity contribution in [3.05, 3.63) is 52.4 Å². The lowest BCUT2D eigenvalue weighted by atomic mass is 9.97. The number of anilines is 1. The molecule has 32 heavy (non-hydrogen) atoms. The minimum atomic E-state index is -0.451. The molecule has 9 heteroatoms. The van der Waals surface area contributed by atoms with E-state index in [9.17, 15) is 9.59 Å². The fourth-order valence-electron chi connectivity index (χ4n) is 4.62. The van der Waals surface area contributed by atoms with Gasteiger partial charge in [-0.25, -0.2) is 9.97 Å². The van der Waals surface area contributed by atoms with Gasteiger partial charge in [-0.3, -0.25) is 9.59 Å². The van der Waals surface area contributed by atoms with Crippen LogP contribution in [0, 0.1) is 0 Å². The van der Waals surface area contributed by atoms with Gasteiger partial charge in [0.2, 0.25) is 11.8 Å². The highest BCUT2D eigenvalue weighted by molar-refractivity contribution is 6.30. The summed E-state index contributed by atoms with van der Waals surface area (Å²) in [5.41, 5.74) is 8.53. The van der Waals surface area contributed by atoms with Crippen LogP contribution in [0.15, 0.2) is 30.6 Å². The van der Waals surface area contributed by atoms with Crippen molar-refractivity contribution in [2.45, 2.75) is 31.6 Å². The highest BCUT2D eigenvalue weighted by Gasteiger charge is 2.32. The molecule has 4 rings (SSSR count). The summed E-state index contributed by atoms with van der Waals surface area (Å²) in [7, 11) is 0. The zero-order chi connectivity index (χ0) is 22.7. The number of halogens is 1. The van der Waals surface area contributed by atoms with Crippen LogP contribution in [0.4, 0.5) is 5.82 Å². The van der Waals surface area contributed by atoms with Crippen LogP contribution >= 0.6 is 11.6 Å². The number of aromatic nitrogens is 2. The molecule has 2 aliphatic rings. The van der Waals surface area contributed by atoms with E-state index in [1.807, 2.05) is 17.0 Å². The van der Waals surface area contributed by atoms with Crippen LogP contribution in [0.5, 0.6) is 0 Å². The number of primary amides is 1. The van der Waals surface area contributed by atoms with Gasteiger partial charge >= 0.3 is 0 Å². The molecule has 2 heterocycles. The van der Waals surface area contributed by atoms with E-state index in [2.05, 4.69) is 27.1 Å². The number of rotatable bonds is 7. The SMILES string of the molecule is C[C@@H]1CCc2ncnc(N3CCN(C(=O)[C@H](CNCC(N)=O)c4ccc(Cl)cc4)CC3)c21. The van der Waals surface area contributed by atoms with E-state index in [1.54, 1.807) is 18.5 Å². The molecule has 1 aromatic heterocycles. The normalized spacial score (nSPS) is 19.0. The molecule has 2 aromatic rings. The fraction of sp³-hybridized carbons (Fsp3) is 0.478. The zero-order valence-electron chi connectivity index (χ0n) is 18.3. The number of nitrogens with two attached hydrogens (primary N) is 1. The number of piperazine rings is 1. The maximum atomic E-state index is 13.4. The van der Waals surface area contributed by atoms with Gasteiger partial charge in [0.15, 0.2) is 0 Å². The fourth-order valence-corrected chi connectivity index (χ4v) is 4.74. The minimum absolute atomic E-state index is 0.0299. The second-order valence-corrected chi connectivity index (χ2v) is 8.95. The topological polar surface area (TPSA) is 104 Å². The number of fused-ring (bicyclic) bond motifs is 1. The first-order chi connectivity index (χ1) is 15.4. The van der Waals surface area contributed by atoms with Gasteiger partial charge in [0.25, 0.3) is 0 Å². The van der Waals surface area contributed by atoms with E-state index < -0.39 is 11.8 Å². The summed E-state index contributed by atoms with van der Waals surface area (Å²) in [6.45, 7) is 5.28. The smallest absolute Gasteiger partial charge is 0.231 e. The Bertz CT molecular complexity index is 975. The van der Waals surface area contributed by atoms with Crippen LogP contribution in [-0.2, 0) is 16.0 Å². The summed E-state index contributed by atoms with van der Waals surface area (Å²) in [4.78, 5) is 37.8. The van der Waals surface area contributed by atoms with Gasteiger partial charge in [-0.2, -0.15) is 0 Å². The average Bonchev–Trinajstić information content (AvgIpc) is 3.18. The van der Waals surface area contributed by atoms with Crippen molar-refractivity contribution in [3.8, 4) is 0 Å². The Morgan fingerprint density at radius 3 is 2.59 bits per heavy atom. The Balaban J connectivity index is 1.45. The van der Waals surface area contributed by atoms with Crippen LogP contribution in [0.3, 0.4) is 0 Å². The lowest BCUT2D eigenvalue weighted by Gasteiger charge is -2.38. The van der Waals surface area contributed by atoms with Gasteiger partial charge in [0.05, 0.1) is 12.5 Å². The second-order valence-electron chi connectivity index (χ2n) is 8.51. The summed E-state index contributed by atoms with van der Waals surface area (Å²) in [5, 5.41) is 3.62. The molecule has 0 saturated carbocycles. The standard InChI is InChI=1S/C23H29ClN6O2/c1-15-2-7-19-21(15)22(28-14-27-19)29-8-10-30(11-9-29)23(32)18(12-26-13-20(25)31)16-3-5-17(24)6-4-16/h3-6,14-15,18,26H,2,7-13H2,1H3,(H2,25,31)/t15-,18-/m1/s1. The Kier molecular flexibility index (Phi) is 6.91. The Hall–Kier alpha value is -2.71. The van der Waals surface area contributed by atoms with Crippen molar-refractivity contribution in [2.24, 2.45) is 5.73 Å². The van der Waals surface area contributed by atoms with Gasteiger partial charge in [-0.15, -0.1) is 0 Å². The summed E-state index contributed by atoms with van der Waals surface area (Å²) in [6.07, 6.45) is 3.77. The quantitative estimate of drug-likeness (QED) is 0.657. The molecule has 1 fully saturated rings. The summed E-state index contributed by atoms with van der Waals surface area (Å²) < 4.78 is 0. The molecular formula is C23H29ClN6O2. The lowest BCUT2D eigenvalue weighted by Crippen LogP contribution is -2.51. The Morgan fingerprint density at radius 1 is 1.19 bits per heavy atom. The van der Waals surface area contributed by atoms with Crippen molar-refractivity contribution in [2.75, 3.05) is 44.2 Å². The highest BCUT2D eigenvalue weighted by atomic mass is 35.5. The first-order valence-corrected chi connectivity index (χ1v) is 11.4. The van der Waals surface area contributed by atoms with E-state index in [4.69, 9.17) is 17.3 Å². The summed E-state index contributed by atoms with van der Waals surface area (Å²) in [6, 6.07) is 7.28. The number of hydrogen-bond donors (Lipinski definition) is 2. The van der Waals surface area contributed by atoms with Gasteiger partial charge in [-0.05, 0) is 36.5 Å². The number of nitrogens with zero attached hydrogens (tertiary/aromatic N) is 4. The molecule has 0 spiro atoms. The van der Waals surface area contributed by atoms with Gasteiger partial charge in [0, 0.05) is 49.0 Å². The molecule has 1 saturated heterocycles. The number of nitrogens with one attached hydrogen (secondary N) is 1. The number of hydrogen-bond acceptors (Lipinski definition) is 6. The number of amides is 2. The lowest BCUT2D eigenvalue weighted by molar-refractivity contribution is -0.133. The highest BCUT2D eigenvalue weighted by Crippen LogP contribution is 2.37. The number of benzene rings is 1. The number of aryl methyl sites for hydroxylation is 1. The Morgan fingerprint density at radius 2 is 1.91 bits per heavy atom. The first-order valence-electron chi connectivity index (χ1n) is 11.1. The van der Waals surface area contributed by atoms with Crippen LogP contribution in [-0.4, -0.2) is 66.0 Å². The third-order valence-corrected chi connectivity index (χ3v) is 6.61. The molecule has 0 bridgehead atoms. The Labute approximate surface area is 193 Å². The molecule has 1 aliphatic carbocycles. The summed E-state index contributed by atoms with van der Waals surface area (Å²) in [5.74, 6) is 0.648. The van der Waals surface area contributed by atoms with Crippen LogP contribution in [0.25, 0.3) is 0 Å². The minimum Gasteiger partial charge on any atom is -0.369 e. The van der Waals surface area contributed by atoms with E-state index in [0.717, 1.165) is 43.0 Å². The maximum absolute atomic E-state index is 13.4. The van der Waals surface area contributed by atoms with Crippen LogP contribution < -0.4 is 16.0 Å². The largest absolute Gasteiger partial charge is 0.369 e. The monoisotopic (exact) mass is 456 g/mol. The molecule has 1 aromatic carbocycles. The van der Waals surface area contributed by atoms with E-state index in [0.29, 0.717) is 30.6 Å². The summed E-state index contributed by atoms with van der Waals surface area (Å²) >= 11 is 6.03. The van der Waals surface area contributed by atoms with Gasteiger partial charge in [-0.1, -0.05) is 30.7 Å². The van der Waals surface area contributed by atoms with Crippen molar-refractivity contribution in [3.63, 3.8) is 0 Å². The molecule has 1 aliphatic heterocycles. The van der Waals surface area contributed by atoms with E-state index in [-0.39, 0.29) is 12.5 Å². The van der Waals surface area contributed by atoms with E-state index >= 15 is 0 Å². The zero-order valence-corrected chi connectivity index (χ0v) is 19.0. The third kappa shape index (κ3) is 4.86. The third-order valence-electron chi connectivity index (χ3n) is 6.36. The van der Waals surface area contributed by atoms with E-state index in [1.165, 1.54) is 5.56 Å². The van der Waals surface area contributed by atoms with Crippen molar-refractivity contribution in [1.82, 2.24) is 20.2 Å². The van der Waals surface area contributed by atoms with Gasteiger partial charge < -0.3 is 20.9 Å². The molecule has 170 valence electrons. The molecule has 2 amide bonds. The van der Waals surface area contributed by atoms with Gasteiger partial charge in [0.1, 0.15) is 12.1 Å². The first kappa shape index (κ1) is 22.5. The van der Waals surface area contributed by atoms with Crippen LogP contribution in [0.2, 0.25) is 5.02 Å². The van der Waals surface area contributed by atoms with Crippen molar-refractivity contribution >= 4 is 29.2 Å². The molecule has 3 N–H and O–H groups in total. The van der Waals surface area contributed by atoms with Crippen molar-refractivity contribution < 1.29 is 9.59 Å².